The highest BCUT2D eigenvalue weighted by molar-refractivity contribution is 5.92. The molecule has 0 radical (unpaired) electrons. The zero-order valence-corrected chi connectivity index (χ0v) is 17.0. The predicted molar refractivity (Wildman–Crippen MR) is 115 cm³/mol. The van der Waals surface area contributed by atoms with Gasteiger partial charge in [-0.25, -0.2) is 14.8 Å². The minimum absolute atomic E-state index is 0.0995. The Morgan fingerprint density at radius 3 is 2.74 bits per heavy atom. The fourth-order valence-electron chi connectivity index (χ4n) is 4.76. The van der Waals surface area contributed by atoms with Gasteiger partial charge in [-0.15, -0.1) is 0 Å². The summed E-state index contributed by atoms with van der Waals surface area (Å²) in [6.45, 7) is 1.69. The molecule has 5 rings (SSSR count). The quantitative estimate of drug-likeness (QED) is 0.669. The van der Waals surface area contributed by atoms with Crippen LogP contribution in [0.3, 0.4) is 0 Å². The fourth-order valence-corrected chi connectivity index (χ4v) is 4.76. The minimum atomic E-state index is -0.478. The number of nitrogens with zero attached hydrogens (tertiary/aromatic N) is 4. The van der Waals surface area contributed by atoms with Crippen molar-refractivity contribution < 1.29 is 14.3 Å². The fraction of sp³-hybridized carbons (Fsp3) is 0.364. The zero-order valence-electron chi connectivity index (χ0n) is 17.0. The molecule has 9 heteroatoms. The van der Waals surface area contributed by atoms with Crippen LogP contribution in [-0.4, -0.2) is 57.0 Å². The Bertz CT molecular complexity index is 1110. The number of nitrogens with two attached hydrogens (primary N) is 1. The van der Waals surface area contributed by atoms with Crippen LogP contribution in [0.2, 0.25) is 0 Å². The number of hydrogen-bond acceptors (Lipinski definition) is 6. The summed E-state index contributed by atoms with van der Waals surface area (Å²) < 4.78 is 5.60. The molecule has 2 aromatic heterocycles. The van der Waals surface area contributed by atoms with Gasteiger partial charge >= 0.3 is 6.09 Å². The van der Waals surface area contributed by atoms with Gasteiger partial charge < -0.3 is 25.3 Å². The van der Waals surface area contributed by atoms with Crippen LogP contribution in [0, 0.1) is 0 Å². The van der Waals surface area contributed by atoms with Crippen molar-refractivity contribution in [1.82, 2.24) is 19.9 Å². The molecule has 2 aliphatic heterocycles. The SMILES string of the molecule is NC(=O)c1ccc(COC(=O)N2CCC[C@@H]3[C@H]2CCN3c2ncnc3[nH]ccc23)cc1. The summed E-state index contributed by atoms with van der Waals surface area (Å²) in [5, 5.41) is 1.00. The van der Waals surface area contributed by atoms with E-state index in [1.54, 1.807) is 30.6 Å². The van der Waals surface area contributed by atoms with Crippen molar-refractivity contribution >= 4 is 28.9 Å². The molecule has 9 nitrogen and oxygen atoms in total. The highest BCUT2D eigenvalue weighted by Gasteiger charge is 2.43. The van der Waals surface area contributed by atoms with Crippen molar-refractivity contribution in [2.24, 2.45) is 5.73 Å². The molecule has 160 valence electrons. The number of amides is 2. The van der Waals surface area contributed by atoms with Crippen LogP contribution in [0.4, 0.5) is 10.6 Å². The van der Waals surface area contributed by atoms with Crippen LogP contribution in [-0.2, 0) is 11.3 Å². The second kappa shape index (κ2) is 7.90. The molecule has 0 spiro atoms. The average Bonchev–Trinajstić information content (AvgIpc) is 3.44. The van der Waals surface area contributed by atoms with Crippen molar-refractivity contribution in [3.63, 3.8) is 0 Å². The molecule has 2 fully saturated rings. The van der Waals surface area contributed by atoms with Crippen molar-refractivity contribution in [3.05, 3.63) is 54.0 Å². The topological polar surface area (TPSA) is 117 Å². The number of likely N-dealkylation sites (tertiary alicyclic amines) is 1. The number of piperidine rings is 1. The Kier molecular flexibility index (Phi) is 4.93. The summed E-state index contributed by atoms with van der Waals surface area (Å²) in [7, 11) is 0. The molecular formula is C22H24N6O3. The molecule has 2 amide bonds. The molecule has 2 atom stereocenters. The van der Waals surface area contributed by atoms with Crippen molar-refractivity contribution in [2.75, 3.05) is 18.0 Å². The van der Waals surface area contributed by atoms with Gasteiger partial charge in [-0.05, 0) is 43.0 Å². The first kappa shape index (κ1) is 19.3. The average molecular weight is 420 g/mol. The molecule has 0 saturated carbocycles. The van der Waals surface area contributed by atoms with E-state index < -0.39 is 5.91 Å². The van der Waals surface area contributed by atoms with E-state index in [0.717, 1.165) is 48.2 Å². The van der Waals surface area contributed by atoms with E-state index in [1.165, 1.54) is 0 Å². The number of hydrogen-bond donors (Lipinski definition) is 2. The van der Waals surface area contributed by atoms with E-state index in [0.29, 0.717) is 12.1 Å². The Morgan fingerprint density at radius 1 is 1.10 bits per heavy atom. The number of ether oxygens (including phenoxy) is 1. The maximum Gasteiger partial charge on any atom is 0.410 e. The third-order valence-corrected chi connectivity index (χ3v) is 6.25. The van der Waals surface area contributed by atoms with Gasteiger partial charge in [0, 0.05) is 24.8 Å². The van der Waals surface area contributed by atoms with Gasteiger partial charge in [0.15, 0.2) is 0 Å². The first-order chi connectivity index (χ1) is 15.1. The molecule has 4 heterocycles. The van der Waals surface area contributed by atoms with Crippen LogP contribution >= 0.6 is 0 Å². The number of anilines is 1. The van der Waals surface area contributed by atoms with E-state index >= 15 is 0 Å². The number of primary amides is 1. The number of carbonyl (C=O) groups is 2. The molecular weight excluding hydrogens is 396 g/mol. The minimum Gasteiger partial charge on any atom is -0.445 e. The summed E-state index contributed by atoms with van der Waals surface area (Å²) in [6, 6.07) is 9.09. The maximum absolute atomic E-state index is 12.9. The Labute approximate surface area is 179 Å². The van der Waals surface area contributed by atoms with E-state index in [-0.39, 0.29) is 24.8 Å². The molecule has 31 heavy (non-hydrogen) atoms. The van der Waals surface area contributed by atoms with E-state index in [9.17, 15) is 9.59 Å². The summed E-state index contributed by atoms with van der Waals surface area (Å²) in [6.07, 6.45) is 5.96. The van der Waals surface area contributed by atoms with Crippen LogP contribution in [0.1, 0.15) is 35.2 Å². The molecule has 3 N–H and O–H groups in total. The first-order valence-corrected chi connectivity index (χ1v) is 10.5. The number of aromatic nitrogens is 3. The van der Waals surface area contributed by atoms with E-state index in [4.69, 9.17) is 10.5 Å². The number of rotatable bonds is 4. The van der Waals surface area contributed by atoms with Gasteiger partial charge in [0.25, 0.3) is 0 Å². The smallest absolute Gasteiger partial charge is 0.410 e. The van der Waals surface area contributed by atoms with Crippen LogP contribution in [0.15, 0.2) is 42.9 Å². The maximum atomic E-state index is 12.9. The lowest BCUT2D eigenvalue weighted by molar-refractivity contribution is 0.0672. The lowest BCUT2D eigenvalue weighted by Gasteiger charge is -2.39. The highest BCUT2D eigenvalue weighted by Crippen LogP contribution is 2.36. The van der Waals surface area contributed by atoms with Gasteiger partial charge in [0.1, 0.15) is 24.4 Å². The third kappa shape index (κ3) is 3.56. The molecule has 2 saturated heterocycles. The van der Waals surface area contributed by atoms with Gasteiger partial charge in [-0.2, -0.15) is 0 Å². The number of fused-ring (bicyclic) bond motifs is 2. The van der Waals surface area contributed by atoms with Gasteiger partial charge in [-0.3, -0.25) is 4.79 Å². The standard InChI is InChI=1S/C22H24N6O3/c23-19(29)15-5-3-14(4-6-15)12-31-22(30)28-10-1-2-17-18(28)8-11-27(17)21-16-7-9-24-20(16)25-13-26-21/h3-7,9,13,17-18H,1-2,8,10-12H2,(H2,23,29)(H,24,25,26)/t17-,18-/m1/s1. The largest absolute Gasteiger partial charge is 0.445 e. The third-order valence-electron chi connectivity index (χ3n) is 6.25. The van der Waals surface area contributed by atoms with Crippen LogP contribution in [0.5, 0.6) is 0 Å². The van der Waals surface area contributed by atoms with Crippen molar-refractivity contribution in [2.45, 2.75) is 38.0 Å². The van der Waals surface area contributed by atoms with Gasteiger partial charge in [0.05, 0.1) is 17.5 Å². The Morgan fingerprint density at radius 2 is 1.94 bits per heavy atom. The molecule has 3 aromatic rings. The lowest BCUT2D eigenvalue weighted by Crippen LogP contribution is -2.52. The van der Waals surface area contributed by atoms with Crippen molar-refractivity contribution in [1.29, 1.82) is 0 Å². The van der Waals surface area contributed by atoms with Gasteiger partial charge in [0.2, 0.25) is 5.91 Å². The van der Waals surface area contributed by atoms with Gasteiger partial charge in [-0.1, -0.05) is 12.1 Å². The molecule has 2 aliphatic rings. The predicted octanol–water partition coefficient (Wildman–Crippen LogP) is 2.44. The monoisotopic (exact) mass is 420 g/mol. The highest BCUT2D eigenvalue weighted by atomic mass is 16.6. The van der Waals surface area contributed by atoms with Crippen LogP contribution < -0.4 is 10.6 Å². The van der Waals surface area contributed by atoms with Crippen LogP contribution in [0.25, 0.3) is 11.0 Å². The number of nitrogens with one attached hydrogen (secondary N) is 1. The molecule has 1 aromatic carbocycles. The zero-order chi connectivity index (χ0) is 21.4. The second-order valence-corrected chi connectivity index (χ2v) is 8.01. The lowest BCUT2D eigenvalue weighted by atomic mass is 9.97. The van der Waals surface area contributed by atoms with E-state index in [1.807, 2.05) is 17.2 Å². The number of H-pyrrole nitrogens is 1. The molecule has 0 unspecified atom stereocenters. The second-order valence-electron chi connectivity index (χ2n) is 8.01. The Balaban J connectivity index is 1.27. The Hall–Kier alpha value is -3.62. The molecule has 0 aliphatic carbocycles. The van der Waals surface area contributed by atoms with E-state index in [2.05, 4.69) is 19.9 Å². The number of carbonyl (C=O) groups excluding carboxylic acids is 2. The first-order valence-electron chi connectivity index (χ1n) is 10.5. The summed E-state index contributed by atoms with van der Waals surface area (Å²) in [4.78, 5) is 40.2. The summed E-state index contributed by atoms with van der Waals surface area (Å²) in [5.74, 6) is 0.442. The van der Waals surface area contributed by atoms with Crippen molar-refractivity contribution in [3.8, 4) is 0 Å². The normalized spacial score (nSPS) is 20.6. The number of aromatic amines is 1. The number of benzene rings is 1. The molecule has 0 bridgehead atoms. The summed E-state index contributed by atoms with van der Waals surface area (Å²) in [5.41, 5.74) is 7.34. The summed E-state index contributed by atoms with van der Waals surface area (Å²) >= 11 is 0.